The monoisotopic (exact) mass is 500 g/mol. The molecule has 2 unspecified atom stereocenters. The minimum absolute atomic E-state index is 0.00429. The van der Waals surface area contributed by atoms with E-state index in [0.717, 1.165) is 25.3 Å². The molecular formula is C28H47F3N2O2. The third-order valence-electron chi connectivity index (χ3n) is 4.99. The second-order valence-corrected chi connectivity index (χ2v) is 7.31. The molecule has 35 heavy (non-hydrogen) atoms. The highest BCUT2D eigenvalue weighted by molar-refractivity contribution is 5.86. The van der Waals surface area contributed by atoms with E-state index in [1.807, 2.05) is 34.6 Å². The molecule has 1 rings (SSSR count). The van der Waals surface area contributed by atoms with Crippen LogP contribution in [-0.4, -0.2) is 38.2 Å². The van der Waals surface area contributed by atoms with Crippen LogP contribution in [0.25, 0.3) is 0 Å². The maximum Gasteiger partial charge on any atom is 0.416 e. The minimum atomic E-state index is -4.41. The van der Waals surface area contributed by atoms with Crippen molar-refractivity contribution in [2.45, 2.75) is 86.7 Å². The number of methoxy groups -OCH3 is 1. The molecule has 0 bridgehead atoms. The summed E-state index contributed by atoms with van der Waals surface area (Å²) in [6.07, 6.45) is 13.1. The Hall–Kier alpha value is -2.49. The predicted octanol–water partition coefficient (Wildman–Crippen LogP) is 7.68. The van der Waals surface area contributed by atoms with Gasteiger partial charge in [0.15, 0.2) is 0 Å². The summed E-state index contributed by atoms with van der Waals surface area (Å²) in [6.45, 7) is 13.8. The van der Waals surface area contributed by atoms with Crippen molar-refractivity contribution in [3.63, 3.8) is 0 Å². The number of aliphatic imine (C=N–C) groups is 1. The SMILES string of the molecule is C#C.CC.CC.C\C=C/C(=C\C(=C/CCC)C(F)(F)F)CN=C(CNC(=O)C1CCCC1C)OC. The molecule has 1 aliphatic rings. The molecule has 0 saturated heterocycles. The number of ether oxygens (including phenoxy) is 1. The molecule has 0 aromatic carbocycles. The van der Waals surface area contributed by atoms with Gasteiger partial charge in [0, 0.05) is 5.92 Å². The molecule has 0 aromatic heterocycles. The van der Waals surface area contributed by atoms with Crippen LogP contribution in [0.4, 0.5) is 13.2 Å². The number of rotatable bonds is 9. The number of nitrogens with one attached hydrogen (secondary N) is 1. The first-order chi connectivity index (χ1) is 16.7. The smallest absolute Gasteiger partial charge is 0.416 e. The van der Waals surface area contributed by atoms with Gasteiger partial charge in [-0.05, 0) is 43.8 Å². The van der Waals surface area contributed by atoms with Gasteiger partial charge in [-0.1, -0.05) is 72.6 Å². The molecular weight excluding hydrogens is 453 g/mol. The number of carbonyl (C=O) groups excluding carboxylic acids is 1. The van der Waals surface area contributed by atoms with Crippen molar-refractivity contribution in [1.82, 2.24) is 5.32 Å². The van der Waals surface area contributed by atoms with Crippen molar-refractivity contribution < 1.29 is 22.7 Å². The Morgan fingerprint density at radius 3 is 2.20 bits per heavy atom. The zero-order chi connectivity index (χ0) is 27.9. The van der Waals surface area contributed by atoms with Crippen LogP contribution in [-0.2, 0) is 9.53 Å². The summed E-state index contributed by atoms with van der Waals surface area (Å²) >= 11 is 0. The van der Waals surface area contributed by atoms with Gasteiger partial charge in [-0.25, -0.2) is 4.99 Å². The van der Waals surface area contributed by atoms with Gasteiger partial charge < -0.3 is 10.1 Å². The van der Waals surface area contributed by atoms with Gasteiger partial charge in [0.2, 0.25) is 11.8 Å². The number of terminal acetylenes is 1. The topological polar surface area (TPSA) is 50.7 Å². The molecule has 1 saturated carbocycles. The van der Waals surface area contributed by atoms with Gasteiger partial charge >= 0.3 is 6.18 Å². The van der Waals surface area contributed by atoms with Crippen molar-refractivity contribution in [1.29, 1.82) is 0 Å². The maximum absolute atomic E-state index is 13.3. The first kappa shape index (κ1) is 37.1. The van der Waals surface area contributed by atoms with Crippen LogP contribution in [0.1, 0.15) is 80.6 Å². The van der Waals surface area contributed by atoms with Gasteiger partial charge in [0.1, 0.15) is 0 Å². The van der Waals surface area contributed by atoms with Crippen molar-refractivity contribution in [2.75, 3.05) is 20.2 Å². The van der Waals surface area contributed by atoms with Gasteiger partial charge in [0.05, 0.1) is 25.8 Å². The highest BCUT2D eigenvalue weighted by Crippen LogP contribution is 2.31. The number of hydrogen-bond donors (Lipinski definition) is 1. The summed E-state index contributed by atoms with van der Waals surface area (Å²) < 4.78 is 45.0. The van der Waals surface area contributed by atoms with E-state index in [4.69, 9.17) is 4.74 Å². The van der Waals surface area contributed by atoms with Gasteiger partial charge in [-0.15, -0.1) is 12.8 Å². The third kappa shape index (κ3) is 16.7. The molecule has 4 nitrogen and oxygen atoms in total. The number of unbranched alkanes of at least 4 members (excludes halogenated alkanes) is 1. The third-order valence-corrected chi connectivity index (χ3v) is 4.99. The number of halogens is 3. The fraction of sp³-hybridized carbons (Fsp3) is 0.643. The fourth-order valence-corrected chi connectivity index (χ4v) is 3.32. The first-order valence-electron chi connectivity index (χ1n) is 12.5. The summed E-state index contributed by atoms with van der Waals surface area (Å²) in [4.78, 5) is 16.6. The molecule has 1 fully saturated rings. The zero-order valence-electron chi connectivity index (χ0n) is 23.0. The van der Waals surface area contributed by atoms with E-state index in [-0.39, 0.29) is 30.8 Å². The molecule has 0 heterocycles. The molecule has 1 N–H and O–H groups in total. The lowest BCUT2D eigenvalue weighted by atomic mass is 9.97. The van der Waals surface area contributed by atoms with Gasteiger partial charge in [-0.3, -0.25) is 4.79 Å². The lowest BCUT2D eigenvalue weighted by molar-refractivity contribution is -0.125. The van der Waals surface area contributed by atoms with Crippen LogP contribution >= 0.6 is 0 Å². The van der Waals surface area contributed by atoms with Crippen LogP contribution in [0, 0.1) is 24.7 Å². The molecule has 7 heteroatoms. The Kier molecular flexibility index (Phi) is 24.6. The average molecular weight is 501 g/mol. The highest BCUT2D eigenvalue weighted by Gasteiger charge is 2.32. The Bertz CT molecular complexity index is 690. The quantitative estimate of drug-likeness (QED) is 0.153. The van der Waals surface area contributed by atoms with E-state index in [0.29, 0.717) is 24.3 Å². The molecule has 0 aliphatic heterocycles. The predicted molar refractivity (Wildman–Crippen MR) is 143 cm³/mol. The highest BCUT2D eigenvalue weighted by atomic mass is 19.4. The summed E-state index contributed by atoms with van der Waals surface area (Å²) in [5.74, 6) is 0.624. The van der Waals surface area contributed by atoms with E-state index in [2.05, 4.69) is 30.1 Å². The van der Waals surface area contributed by atoms with Gasteiger partial charge in [0.25, 0.3) is 0 Å². The van der Waals surface area contributed by atoms with E-state index in [9.17, 15) is 18.0 Å². The van der Waals surface area contributed by atoms with Crippen LogP contribution in [0.2, 0.25) is 0 Å². The van der Waals surface area contributed by atoms with E-state index in [1.54, 1.807) is 19.1 Å². The number of allylic oxidation sites excluding steroid dienone is 4. The van der Waals surface area contributed by atoms with Crippen LogP contribution in [0.15, 0.2) is 40.4 Å². The Morgan fingerprint density at radius 1 is 1.17 bits per heavy atom. The minimum Gasteiger partial charge on any atom is -0.483 e. The zero-order valence-corrected chi connectivity index (χ0v) is 23.0. The van der Waals surface area contributed by atoms with Gasteiger partial charge in [-0.2, -0.15) is 13.2 Å². The van der Waals surface area contributed by atoms with Crippen LogP contribution < -0.4 is 5.32 Å². The fourth-order valence-electron chi connectivity index (χ4n) is 3.32. The van der Waals surface area contributed by atoms with E-state index in [1.165, 1.54) is 13.2 Å². The van der Waals surface area contributed by atoms with Crippen molar-refractivity contribution in [3.8, 4) is 12.8 Å². The van der Waals surface area contributed by atoms with Crippen molar-refractivity contribution in [2.24, 2.45) is 16.8 Å². The Balaban J connectivity index is -0.00000158. The lowest BCUT2D eigenvalue weighted by Gasteiger charge is -2.15. The van der Waals surface area contributed by atoms with E-state index < -0.39 is 11.7 Å². The lowest BCUT2D eigenvalue weighted by Crippen LogP contribution is -2.36. The number of carbonyl (C=O) groups is 1. The second kappa shape index (κ2) is 23.3. The summed E-state index contributed by atoms with van der Waals surface area (Å²) in [7, 11) is 1.44. The molecule has 2 atom stereocenters. The first-order valence-corrected chi connectivity index (χ1v) is 12.5. The number of nitrogens with zero attached hydrogens (tertiary/aromatic N) is 1. The van der Waals surface area contributed by atoms with E-state index >= 15 is 0 Å². The second-order valence-electron chi connectivity index (χ2n) is 7.31. The number of amides is 1. The van der Waals surface area contributed by atoms with Crippen LogP contribution in [0.5, 0.6) is 0 Å². The van der Waals surface area contributed by atoms with Crippen molar-refractivity contribution >= 4 is 11.8 Å². The average Bonchev–Trinajstić information content (AvgIpc) is 3.30. The molecule has 0 radical (unpaired) electrons. The molecule has 0 aromatic rings. The largest absolute Gasteiger partial charge is 0.483 e. The molecule has 1 amide bonds. The van der Waals surface area contributed by atoms with Crippen molar-refractivity contribution in [3.05, 3.63) is 35.5 Å². The standard InChI is InChI=1S/C22H33F3N2O2.2C2H6.C2H2/c1-5-7-11-18(22(23,24)25)13-17(9-6-2)14-26-20(29-4)15-27-21(28)19-12-8-10-16(19)3;3*1-2/h6,9,11,13,16,19H,5,7-8,10,12,14-15H2,1-4H3,(H,27,28);2*1-2H3;1-2H/b9-6-,17-13+,18-11+,26-20?;;;. The number of alkyl halides is 3. The summed E-state index contributed by atoms with van der Waals surface area (Å²) in [6, 6.07) is 0. The summed E-state index contributed by atoms with van der Waals surface area (Å²) in [5.41, 5.74) is -0.261. The van der Waals surface area contributed by atoms with Crippen LogP contribution in [0.3, 0.4) is 0 Å². The molecule has 0 spiro atoms. The molecule has 202 valence electrons. The normalized spacial score (nSPS) is 18.4. The number of hydrogen-bond acceptors (Lipinski definition) is 3. The maximum atomic E-state index is 13.3. The molecule has 1 aliphatic carbocycles. The Morgan fingerprint density at radius 2 is 1.77 bits per heavy atom. The summed E-state index contributed by atoms with van der Waals surface area (Å²) in [5, 5.41) is 2.83. The Labute approximate surface area is 212 Å².